The topological polar surface area (TPSA) is 42.0 Å². The van der Waals surface area contributed by atoms with Crippen LogP contribution in [0.5, 0.6) is 0 Å². The third-order valence-corrected chi connectivity index (χ3v) is 3.00. The maximum Gasteiger partial charge on any atom is 0.159 e. The number of nitrogens with one attached hydrogen (secondary N) is 1. The van der Waals surface area contributed by atoms with E-state index in [4.69, 9.17) is 0 Å². The van der Waals surface area contributed by atoms with E-state index in [1.54, 1.807) is 18.3 Å². The van der Waals surface area contributed by atoms with Crippen molar-refractivity contribution in [1.29, 1.82) is 0 Å². The van der Waals surface area contributed by atoms with Gasteiger partial charge in [0.2, 0.25) is 0 Å². The van der Waals surface area contributed by atoms with E-state index in [1.165, 1.54) is 4.88 Å². The summed E-state index contributed by atoms with van der Waals surface area (Å²) in [5.74, 6) is 0.0847. The Labute approximate surface area is 98.2 Å². The molecule has 0 saturated heterocycles. The van der Waals surface area contributed by atoms with Crippen molar-refractivity contribution in [3.63, 3.8) is 0 Å². The van der Waals surface area contributed by atoms with Crippen LogP contribution in [-0.2, 0) is 6.54 Å². The Hall–Kier alpha value is -1.68. The molecule has 1 N–H and O–H groups in total. The van der Waals surface area contributed by atoms with Crippen molar-refractivity contribution in [3.8, 4) is 0 Å². The van der Waals surface area contributed by atoms with Crippen LogP contribution in [0.15, 0.2) is 36.0 Å². The van der Waals surface area contributed by atoms with Crippen LogP contribution in [-0.4, -0.2) is 10.8 Å². The van der Waals surface area contributed by atoms with E-state index in [2.05, 4.69) is 10.3 Å². The van der Waals surface area contributed by atoms with Gasteiger partial charge in [-0.25, -0.2) is 0 Å². The molecule has 2 aromatic rings. The van der Waals surface area contributed by atoms with Crippen LogP contribution in [0.2, 0.25) is 0 Å². The highest BCUT2D eigenvalue weighted by Gasteiger charge is 2.00. The fourth-order valence-corrected chi connectivity index (χ4v) is 1.90. The average Bonchev–Trinajstić information content (AvgIpc) is 2.79. The van der Waals surface area contributed by atoms with Gasteiger partial charge in [0, 0.05) is 22.3 Å². The molecule has 0 saturated carbocycles. The molecule has 0 aliphatic rings. The lowest BCUT2D eigenvalue weighted by molar-refractivity contribution is 0.101. The first kappa shape index (κ1) is 10.8. The zero-order valence-electron chi connectivity index (χ0n) is 8.93. The van der Waals surface area contributed by atoms with E-state index in [1.807, 2.05) is 36.0 Å². The summed E-state index contributed by atoms with van der Waals surface area (Å²) < 4.78 is 0. The SMILES string of the molecule is CC(=O)c1cccc(NCc2cncs2)c1. The molecule has 3 nitrogen and oxygen atoms in total. The molecule has 4 heteroatoms. The Kier molecular flexibility index (Phi) is 3.31. The number of carbonyl (C=O) groups is 1. The third kappa shape index (κ3) is 2.67. The van der Waals surface area contributed by atoms with Gasteiger partial charge in [0.05, 0.1) is 12.1 Å². The van der Waals surface area contributed by atoms with Crippen molar-refractivity contribution in [1.82, 2.24) is 4.98 Å². The maximum atomic E-state index is 11.2. The second-order valence-electron chi connectivity index (χ2n) is 3.46. The minimum absolute atomic E-state index is 0.0847. The molecule has 0 bridgehead atoms. The Bertz CT molecular complexity index is 480. The van der Waals surface area contributed by atoms with Gasteiger partial charge in [0.25, 0.3) is 0 Å². The zero-order valence-corrected chi connectivity index (χ0v) is 9.75. The zero-order chi connectivity index (χ0) is 11.4. The van der Waals surface area contributed by atoms with Crippen LogP contribution in [0.4, 0.5) is 5.69 Å². The molecule has 0 fully saturated rings. The van der Waals surface area contributed by atoms with Crippen LogP contribution in [0.25, 0.3) is 0 Å². The Morgan fingerprint density at radius 1 is 1.50 bits per heavy atom. The van der Waals surface area contributed by atoms with Gasteiger partial charge >= 0.3 is 0 Å². The Morgan fingerprint density at radius 3 is 3.06 bits per heavy atom. The van der Waals surface area contributed by atoms with Crippen LogP contribution in [0, 0.1) is 0 Å². The van der Waals surface area contributed by atoms with Crippen LogP contribution in [0.3, 0.4) is 0 Å². The second kappa shape index (κ2) is 4.90. The van der Waals surface area contributed by atoms with E-state index in [9.17, 15) is 4.79 Å². The number of thiazole rings is 1. The first-order valence-electron chi connectivity index (χ1n) is 4.98. The van der Waals surface area contributed by atoms with E-state index in [0.717, 1.165) is 17.8 Å². The number of ketones is 1. The molecule has 0 amide bonds. The predicted molar refractivity (Wildman–Crippen MR) is 65.9 cm³/mol. The van der Waals surface area contributed by atoms with Crippen LogP contribution < -0.4 is 5.32 Å². The lowest BCUT2D eigenvalue weighted by atomic mass is 10.1. The Morgan fingerprint density at radius 2 is 2.38 bits per heavy atom. The van der Waals surface area contributed by atoms with Gasteiger partial charge in [-0.2, -0.15) is 0 Å². The first-order valence-corrected chi connectivity index (χ1v) is 5.86. The summed E-state index contributed by atoms with van der Waals surface area (Å²) in [6.07, 6.45) is 1.84. The first-order chi connectivity index (χ1) is 7.75. The van der Waals surface area contributed by atoms with Crippen molar-refractivity contribution in [2.75, 3.05) is 5.32 Å². The number of nitrogens with zero attached hydrogens (tertiary/aromatic N) is 1. The van der Waals surface area contributed by atoms with Crippen molar-refractivity contribution in [2.45, 2.75) is 13.5 Å². The maximum absolute atomic E-state index is 11.2. The molecule has 0 aliphatic carbocycles. The highest BCUT2D eigenvalue weighted by Crippen LogP contribution is 2.13. The number of anilines is 1. The molecule has 0 spiro atoms. The van der Waals surface area contributed by atoms with Crippen molar-refractivity contribution in [2.24, 2.45) is 0 Å². The summed E-state index contributed by atoms with van der Waals surface area (Å²) in [5.41, 5.74) is 3.50. The minimum Gasteiger partial charge on any atom is -0.380 e. The van der Waals surface area contributed by atoms with E-state index in [0.29, 0.717) is 0 Å². The van der Waals surface area contributed by atoms with Gasteiger partial charge in [-0.1, -0.05) is 12.1 Å². The summed E-state index contributed by atoms with van der Waals surface area (Å²) in [5, 5.41) is 3.26. The summed E-state index contributed by atoms with van der Waals surface area (Å²) in [4.78, 5) is 16.4. The molecule has 16 heavy (non-hydrogen) atoms. The summed E-state index contributed by atoms with van der Waals surface area (Å²) in [6.45, 7) is 2.31. The monoisotopic (exact) mass is 232 g/mol. The smallest absolute Gasteiger partial charge is 0.159 e. The normalized spacial score (nSPS) is 10.1. The van der Waals surface area contributed by atoms with Crippen LogP contribution in [0.1, 0.15) is 22.2 Å². The summed E-state index contributed by atoms with van der Waals surface area (Å²) in [6, 6.07) is 7.52. The molecule has 0 atom stereocenters. The molecule has 2 rings (SSSR count). The van der Waals surface area contributed by atoms with Gasteiger partial charge in [-0.15, -0.1) is 11.3 Å². The van der Waals surface area contributed by atoms with E-state index >= 15 is 0 Å². The fraction of sp³-hybridized carbons (Fsp3) is 0.167. The van der Waals surface area contributed by atoms with Gasteiger partial charge in [0.1, 0.15) is 0 Å². The molecule has 82 valence electrons. The average molecular weight is 232 g/mol. The largest absolute Gasteiger partial charge is 0.380 e. The highest BCUT2D eigenvalue weighted by molar-refractivity contribution is 7.09. The third-order valence-electron chi connectivity index (χ3n) is 2.22. The molecule has 1 aromatic heterocycles. The number of hydrogen-bond donors (Lipinski definition) is 1. The number of aromatic nitrogens is 1. The standard InChI is InChI=1S/C12H12N2OS/c1-9(15)10-3-2-4-11(5-10)14-7-12-6-13-8-16-12/h2-6,8,14H,7H2,1H3. The summed E-state index contributed by atoms with van der Waals surface area (Å²) >= 11 is 1.61. The number of benzene rings is 1. The second-order valence-corrected chi connectivity index (χ2v) is 4.43. The molecular weight excluding hydrogens is 220 g/mol. The quantitative estimate of drug-likeness (QED) is 0.824. The number of Topliss-reactive ketones (excluding diaryl/α,β-unsaturated/α-hetero) is 1. The van der Waals surface area contributed by atoms with Crippen molar-refractivity contribution < 1.29 is 4.79 Å². The molecule has 1 heterocycles. The minimum atomic E-state index is 0.0847. The molecule has 0 unspecified atom stereocenters. The highest BCUT2D eigenvalue weighted by atomic mass is 32.1. The van der Waals surface area contributed by atoms with E-state index in [-0.39, 0.29) is 5.78 Å². The van der Waals surface area contributed by atoms with Crippen molar-refractivity contribution in [3.05, 3.63) is 46.4 Å². The van der Waals surface area contributed by atoms with Gasteiger partial charge in [-0.3, -0.25) is 9.78 Å². The van der Waals surface area contributed by atoms with E-state index < -0.39 is 0 Å². The van der Waals surface area contributed by atoms with Gasteiger partial charge in [-0.05, 0) is 19.1 Å². The lowest BCUT2D eigenvalue weighted by Crippen LogP contribution is -1.99. The number of rotatable bonds is 4. The van der Waals surface area contributed by atoms with Crippen molar-refractivity contribution >= 4 is 22.8 Å². The van der Waals surface area contributed by atoms with Crippen LogP contribution >= 0.6 is 11.3 Å². The lowest BCUT2D eigenvalue weighted by Gasteiger charge is -2.05. The predicted octanol–water partition coefficient (Wildman–Crippen LogP) is 2.96. The molecule has 0 radical (unpaired) electrons. The summed E-state index contributed by atoms with van der Waals surface area (Å²) in [7, 11) is 0. The molecule has 1 aromatic carbocycles. The number of hydrogen-bond acceptors (Lipinski definition) is 4. The number of carbonyl (C=O) groups excluding carboxylic acids is 1. The fourth-order valence-electron chi connectivity index (χ4n) is 1.37. The Balaban J connectivity index is 2.04. The molecular formula is C12H12N2OS. The van der Waals surface area contributed by atoms with Gasteiger partial charge < -0.3 is 5.32 Å². The van der Waals surface area contributed by atoms with Gasteiger partial charge in [0.15, 0.2) is 5.78 Å². The molecule has 0 aliphatic heterocycles.